The van der Waals surface area contributed by atoms with E-state index in [1.54, 1.807) is 0 Å². The van der Waals surface area contributed by atoms with E-state index in [1.165, 1.54) is 11.3 Å². The third-order valence-electron chi connectivity index (χ3n) is 4.58. The first-order valence-electron chi connectivity index (χ1n) is 8.75. The average Bonchev–Trinajstić information content (AvgIpc) is 2.78. The molecule has 3 heterocycles. The molecule has 0 aromatic carbocycles. The SMILES string of the molecule is CCc1nc2sc(C=O)c(N)c2c(C)c1OCCN1CCCOCC1. The maximum atomic E-state index is 11.2. The molecule has 2 aromatic heterocycles. The fourth-order valence-electron chi connectivity index (χ4n) is 3.21. The monoisotopic (exact) mass is 363 g/mol. The largest absolute Gasteiger partial charge is 0.490 e. The summed E-state index contributed by atoms with van der Waals surface area (Å²) in [5.74, 6) is 0.808. The fourth-order valence-corrected chi connectivity index (χ4v) is 4.20. The van der Waals surface area contributed by atoms with Gasteiger partial charge in [0.15, 0.2) is 6.29 Å². The van der Waals surface area contributed by atoms with Gasteiger partial charge in [-0.2, -0.15) is 0 Å². The van der Waals surface area contributed by atoms with Gasteiger partial charge in [-0.05, 0) is 19.8 Å². The summed E-state index contributed by atoms with van der Waals surface area (Å²) in [6.07, 6.45) is 2.64. The molecule has 7 heteroatoms. The van der Waals surface area contributed by atoms with Gasteiger partial charge in [-0.1, -0.05) is 6.92 Å². The molecule has 136 valence electrons. The highest BCUT2D eigenvalue weighted by Crippen LogP contribution is 2.39. The van der Waals surface area contributed by atoms with Crippen LogP contribution in [0, 0.1) is 6.92 Å². The number of aromatic nitrogens is 1. The summed E-state index contributed by atoms with van der Waals surface area (Å²) in [6.45, 7) is 9.13. The van der Waals surface area contributed by atoms with Crippen LogP contribution in [-0.2, 0) is 11.2 Å². The van der Waals surface area contributed by atoms with Crippen LogP contribution < -0.4 is 10.5 Å². The predicted molar refractivity (Wildman–Crippen MR) is 101 cm³/mol. The second-order valence-electron chi connectivity index (χ2n) is 6.20. The Labute approximate surface area is 151 Å². The molecule has 1 aliphatic rings. The van der Waals surface area contributed by atoms with Crippen molar-refractivity contribution in [3.63, 3.8) is 0 Å². The molecular formula is C18H25N3O3S. The van der Waals surface area contributed by atoms with Crippen molar-refractivity contribution in [1.29, 1.82) is 0 Å². The van der Waals surface area contributed by atoms with Crippen LogP contribution in [0.3, 0.4) is 0 Å². The maximum Gasteiger partial charge on any atom is 0.162 e. The standard InChI is InChI=1S/C18H25N3O3S/c1-3-13-17(24-10-7-21-5-4-8-23-9-6-21)12(2)15-16(19)14(11-22)25-18(15)20-13/h11H,3-10,19H2,1-2H3. The van der Waals surface area contributed by atoms with Crippen LogP contribution in [0.4, 0.5) is 5.69 Å². The summed E-state index contributed by atoms with van der Waals surface area (Å²) in [4.78, 5) is 19.6. The van der Waals surface area contributed by atoms with Crippen LogP contribution in [0.1, 0.15) is 34.3 Å². The predicted octanol–water partition coefficient (Wildman–Crippen LogP) is 2.66. The van der Waals surface area contributed by atoms with Crippen molar-refractivity contribution in [2.45, 2.75) is 26.7 Å². The van der Waals surface area contributed by atoms with Gasteiger partial charge in [0.2, 0.25) is 0 Å². The maximum absolute atomic E-state index is 11.2. The Kier molecular flexibility index (Phi) is 5.88. The molecule has 0 radical (unpaired) electrons. The minimum absolute atomic E-state index is 0.511. The second kappa shape index (κ2) is 8.12. The van der Waals surface area contributed by atoms with Crippen molar-refractivity contribution in [3.05, 3.63) is 16.1 Å². The zero-order valence-corrected chi connectivity index (χ0v) is 15.7. The number of carbonyl (C=O) groups excluding carboxylic acids is 1. The number of aryl methyl sites for hydroxylation is 2. The van der Waals surface area contributed by atoms with Crippen LogP contribution in [0.5, 0.6) is 5.75 Å². The van der Waals surface area contributed by atoms with Gasteiger partial charge in [-0.25, -0.2) is 4.98 Å². The minimum Gasteiger partial charge on any atom is -0.490 e. The van der Waals surface area contributed by atoms with Crippen molar-refractivity contribution in [3.8, 4) is 5.75 Å². The van der Waals surface area contributed by atoms with E-state index in [9.17, 15) is 4.79 Å². The number of pyridine rings is 1. The quantitative estimate of drug-likeness (QED) is 0.795. The first-order chi connectivity index (χ1) is 12.2. The number of aldehydes is 1. The van der Waals surface area contributed by atoms with Crippen LogP contribution in [0.25, 0.3) is 10.2 Å². The topological polar surface area (TPSA) is 77.7 Å². The van der Waals surface area contributed by atoms with Gasteiger partial charge in [0.25, 0.3) is 0 Å². The van der Waals surface area contributed by atoms with Crippen molar-refractivity contribution in [2.75, 3.05) is 45.2 Å². The Morgan fingerprint density at radius 2 is 2.24 bits per heavy atom. The van der Waals surface area contributed by atoms with Gasteiger partial charge in [0.05, 0.1) is 22.9 Å². The lowest BCUT2D eigenvalue weighted by molar-refractivity contribution is 0.112. The molecule has 2 aromatic rings. The van der Waals surface area contributed by atoms with Crippen LogP contribution in [-0.4, -0.2) is 55.6 Å². The van der Waals surface area contributed by atoms with Crippen LogP contribution >= 0.6 is 11.3 Å². The molecule has 0 atom stereocenters. The summed E-state index contributed by atoms with van der Waals surface area (Å²) < 4.78 is 11.6. The lowest BCUT2D eigenvalue weighted by Crippen LogP contribution is -2.30. The second-order valence-corrected chi connectivity index (χ2v) is 7.23. The zero-order chi connectivity index (χ0) is 17.8. The first-order valence-corrected chi connectivity index (χ1v) is 9.56. The normalized spacial score (nSPS) is 16.1. The van der Waals surface area contributed by atoms with Crippen LogP contribution in [0.15, 0.2) is 0 Å². The average molecular weight is 363 g/mol. The molecule has 0 bridgehead atoms. The molecule has 6 nitrogen and oxygen atoms in total. The number of nitrogens with two attached hydrogens (primary N) is 1. The molecule has 0 aliphatic carbocycles. The van der Waals surface area contributed by atoms with E-state index < -0.39 is 0 Å². The van der Waals surface area contributed by atoms with Gasteiger partial charge in [-0.3, -0.25) is 9.69 Å². The Balaban J connectivity index is 1.80. The Bertz CT molecular complexity index is 752. The lowest BCUT2D eigenvalue weighted by Gasteiger charge is -2.20. The highest BCUT2D eigenvalue weighted by atomic mass is 32.1. The van der Waals surface area contributed by atoms with Gasteiger partial charge in [0, 0.05) is 37.2 Å². The number of carbonyl (C=O) groups is 1. The molecule has 3 rings (SSSR count). The molecule has 25 heavy (non-hydrogen) atoms. The minimum atomic E-state index is 0.511. The van der Waals surface area contributed by atoms with Gasteiger partial charge >= 0.3 is 0 Å². The number of anilines is 1. The van der Waals surface area contributed by atoms with Crippen molar-refractivity contribution < 1.29 is 14.3 Å². The Morgan fingerprint density at radius 1 is 1.40 bits per heavy atom. The molecule has 0 unspecified atom stereocenters. The number of fused-ring (bicyclic) bond motifs is 1. The summed E-state index contributed by atoms with van der Waals surface area (Å²) >= 11 is 1.34. The Hall–Kier alpha value is -1.70. The van der Waals surface area contributed by atoms with E-state index in [-0.39, 0.29) is 0 Å². The Morgan fingerprint density at radius 3 is 3.00 bits per heavy atom. The van der Waals surface area contributed by atoms with E-state index in [4.69, 9.17) is 15.2 Å². The summed E-state index contributed by atoms with van der Waals surface area (Å²) in [5, 5.41) is 0.850. The number of hydrogen-bond donors (Lipinski definition) is 1. The summed E-state index contributed by atoms with van der Waals surface area (Å²) in [7, 11) is 0. The summed E-state index contributed by atoms with van der Waals surface area (Å²) in [5.41, 5.74) is 8.54. The van der Waals surface area contributed by atoms with E-state index in [1.807, 2.05) is 6.92 Å². The molecule has 0 amide bonds. The molecule has 1 aliphatic heterocycles. The van der Waals surface area contributed by atoms with Crippen molar-refractivity contribution >= 4 is 33.5 Å². The van der Waals surface area contributed by atoms with E-state index in [0.29, 0.717) is 17.2 Å². The van der Waals surface area contributed by atoms with Gasteiger partial charge in [0.1, 0.15) is 17.2 Å². The molecule has 1 fully saturated rings. The number of rotatable bonds is 6. The number of ether oxygens (including phenoxy) is 2. The number of nitrogens with zero attached hydrogens (tertiary/aromatic N) is 2. The highest BCUT2D eigenvalue weighted by molar-refractivity contribution is 7.20. The number of hydrogen-bond acceptors (Lipinski definition) is 7. The van der Waals surface area contributed by atoms with Gasteiger partial charge < -0.3 is 15.2 Å². The third-order valence-corrected chi connectivity index (χ3v) is 5.61. The van der Waals surface area contributed by atoms with Crippen molar-refractivity contribution in [1.82, 2.24) is 9.88 Å². The fraction of sp³-hybridized carbons (Fsp3) is 0.556. The van der Waals surface area contributed by atoms with Gasteiger partial charge in [-0.15, -0.1) is 11.3 Å². The molecule has 0 spiro atoms. The first kappa shape index (κ1) is 18.1. The summed E-state index contributed by atoms with van der Waals surface area (Å²) in [6, 6.07) is 0. The molecular weight excluding hydrogens is 338 g/mol. The number of thiophene rings is 1. The zero-order valence-electron chi connectivity index (χ0n) is 14.8. The third kappa shape index (κ3) is 3.78. The van der Waals surface area contributed by atoms with Crippen molar-refractivity contribution in [2.24, 2.45) is 0 Å². The highest BCUT2D eigenvalue weighted by Gasteiger charge is 2.19. The van der Waals surface area contributed by atoms with E-state index >= 15 is 0 Å². The van der Waals surface area contributed by atoms with E-state index in [0.717, 1.165) is 79.2 Å². The van der Waals surface area contributed by atoms with E-state index in [2.05, 4.69) is 16.8 Å². The van der Waals surface area contributed by atoms with Crippen LogP contribution in [0.2, 0.25) is 0 Å². The molecule has 2 N–H and O–H groups in total. The molecule has 1 saturated heterocycles. The number of nitrogen functional groups attached to an aromatic ring is 1. The smallest absolute Gasteiger partial charge is 0.162 e. The molecule has 0 saturated carbocycles. The lowest BCUT2D eigenvalue weighted by atomic mass is 10.1.